The fraction of sp³-hybridized carbons (Fsp3) is 0.231. The number of rotatable bonds is 5. The number of nitrogens with zero attached hydrogens (tertiary/aromatic N) is 2. The molecule has 0 spiro atoms. The molecule has 0 saturated carbocycles. The highest BCUT2D eigenvalue weighted by atomic mass is 79.9. The van der Waals surface area contributed by atoms with Crippen LogP contribution in [0.3, 0.4) is 0 Å². The van der Waals surface area contributed by atoms with Crippen LogP contribution in [0, 0.1) is 0 Å². The van der Waals surface area contributed by atoms with E-state index >= 15 is 0 Å². The summed E-state index contributed by atoms with van der Waals surface area (Å²) in [5.74, 6) is 2.11. The fourth-order valence-electron chi connectivity index (χ4n) is 1.52. The van der Waals surface area contributed by atoms with E-state index in [1.807, 2.05) is 6.07 Å². The van der Waals surface area contributed by atoms with Crippen LogP contribution in [0.4, 0.5) is 5.82 Å². The van der Waals surface area contributed by atoms with E-state index in [2.05, 4.69) is 31.2 Å². The van der Waals surface area contributed by atoms with E-state index in [1.165, 1.54) is 0 Å². The molecule has 0 radical (unpaired) electrons. The molecule has 1 aromatic carbocycles. The summed E-state index contributed by atoms with van der Waals surface area (Å²) in [6.07, 6.45) is 0. The maximum Gasteiger partial charge on any atom is 0.224 e. The Hall–Kier alpha value is -1.37. The first kappa shape index (κ1) is 15.0. The van der Waals surface area contributed by atoms with Gasteiger partial charge in [0.15, 0.2) is 5.82 Å². The van der Waals surface area contributed by atoms with Gasteiger partial charge in [-0.2, -0.15) is 4.98 Å². The summed E-state index contributed by atoms with van der Waals surface area (Å²) >= 11 is 9.46. The van der Waals surface area contributed by atoms with Gasteiger partial charge in [0.25, 0.3) is 0 Å². The van der Waals surface area contributed by atoms with Crippen molar-refractivity contribution in [3.05, 3.63) is 39.6 Å². The first-order chi connectivity index (χ1) is 9.62. The normalized spacial score (nSPS) is 10.4. The monoisotopic (exact) mass is 357 g/mol. The molecule has 0 aliphatic rings. The van der Waals surface area contributed by atoms with Gasteiger partial charge in [-0.25, -0.2) is 4.98 Å². The summed E-state index contributed by atoms with van der Waals surface area (Å²) in [6.45, 7) is 0.306. The molecule has 1 N–H and O–H groups in total. The smallest absolute Gasteiger partial charge is 0.224 e. The molecular weight excluding hydrogens is 346 g/mol. The van der Waals surface area contributed by atoms with Gasteiger partial charge >= 0.3 is 0 Å². The minimum atomic E-state index is 0.306. The molecule has 106 valence electrons. The maximum absolute atomic E-state index is 6.12. The van der Waals surface area contributed by atoms with Gasteiger partial charge in [0.05, 0.1) is 5.02 Å². The van der Waals surface area contributed by atoms with Gasteiger partial charge in [0, 0.05) is 24.7 Å². The highest BCUT2D eigenvalue weighted by Crippen LogP contribution is 2.31. The number of benzene rings is 1. The zero-order valence-electron chi connectivity index (χ0n) is 11.0. The van der Waals surface area contributed by atoms with Crippen molar-refractivity contribution in [2.75, 3.05) is 19.5 Å². The number of nitrogens with one attached hydrogen (secondary N) is 1. The maximum atomic E-state index is 6.12. The van der Waals surface area contributed by atoms with E-state index in [0.717, 1.165) is 4.47 Å². The molecule has 2 rings (SSSR count). The summed E-state index contributed by atoms with van der Waals surface area (Å²) in [4.78, 5) is 8.51. The van der Waals surface area contributed by atoms with Gasteiger partial charge in [-0.05, 0) is 18.2 Å². The van der Waals surface area contributed by atoms with Crippen molar-refractivity contribution in [3.63, 3.8) is 0 Å². The lowest BCUT2D eigenvalue weighted by Crippen LogP contribution is -2.03. The van der Waals surface area contributed by atoms with E-state index in [1.54, 1.807) is 32.4 Å². The lowest BCUT2D eigenvalue weighted by molar-refractivity contribution is 0.177. The van der Waals surface area contributed by atoms with E-state index in [0.29, 0.717) is 34.9 Å². The second-order valence-electron chi connectivity index (χ2n) is 3.87. The third-order valence-electron chi connectivity index (χ3n) is 2.39. The molecule has 0 saturated heterocycles. The highest BCUT2D eigenvalue weighted by Gasteiger charge is 2.08. The van der Waals surface area contributed by atoms with Crippen LogP contribution in [-0.4, -0.2) is 24.1 Å². The van der Waals surface area contributed by atoms with Crippen LogP contribution in [0.5, 0.6) is 11.6 Å². The summed E-state index contributed by atoms with van der Waals surface area (Å²) in [7, 11) is 3.36. The molecule has 0 fully saturated rings. The predicted molar refractivity (Wildman–Crippen MR) is 81.5 cm³/mol. The average molecular weight is 359 g/mol. The van der Waals surface area contributed by atoms with E-state index in [9.17, 15) is 0 Å². The summed E-state index contributed by atoms with van der Waals surface area (Å²) in [6, 6.07) is 7.06. The first-order valence-corrected chi connectivity index (χ1v) is 6.97. The Morgan fingerprint density at radius 1 is 1.30 bits per heavy atom. The Balaban J connectivity index is 2.29. The molecule has 2 aromatic rings. The molecule has 5 nitrogen and oxygen atoms in total. The van der Waals surface area contributed by atoms with Crippen LogP contribution >= 0.6 is 27.5 Å². The number of aromatic nitrogens is 2. The molecule has 0 aliphatic carbocycles. The second kappa shape index (κ2) is 6.88. The quantitative estimate of drug-likeness (QED) is 0.879. The zero-order valence-corrected chi connectivity index (χ0v) is 13.3. The van der Waals surface area contributed by atoms with Crippen LogP contribution in [0.25, 0.3) is 0 Å². The lowest BCUT2D eigenvalue weighted by atomic mass is 10.3. The Kier molecular flexibility index (Phi) is 5.17. The highest BCUT2D eigenvalue weighted by molar-refractivity contribution is 9.10. The summed E-state index contributed by atoms with van der Waals surface area (Å²) in [5, 5.41) is 3.45. The first-order valence-electron chi connectivity index (χ1n) is 5.80. The van der Waals surface area contributed by atoms with Gasteiger partial charge in [-0.1, -0.05) is 27.5 Å². The topological polar surface area (TPSA) is 56.3 Å². The number of hydrogen-bond donors (Lipinski definition) is 1. The fourth-order valence-corrected chi connectivity index (χ4v) is 2.23. The Bertz CT molecular complexity index is 610. The minimum Gasteiger partial charge on any atom is -0.437 e. The molecule has 0 aliphatic heterocycles. The summed E-state index contributed by atoms with van der Waals surface area (Å²) < 4.78 is 11.6. The van der Waals surface area contributed by atoms with Crippen LogP contribution in [0.15, 0.2) is 28.7 Å². The average Bonchev–Trinajstić information content (AvgIpc) is 2.42. The predicted octanol–water partition coefficient (Wildman–Crippen LogP) is 3.87. The number of halogens is 2. The standard InChI is InChI=1S/C13H13BrClN3O2/c1-16-11-6-13(18-12(17-11)7-19-2)20-10-4-3-8(14)5-9(10)15/h3-6H,7H2,1-2H3,(H,16,17,18). The van der Waals surface area contributed by atoms with Crippen molar-refractivity contribution in [2.24, 2.45) is 0 Å². The van der Waals surface area contributed by atoms with Crippen LogP contribution in [-0.2, 0) is 11.3 Å². The van der Waals surface area contributed by atoms with Gasteiger partial charge in [-0.15, -0.1) is 0 Å². The molecule has 0 unspecified atom stereocenters. The molecule has 0 atom stereocenters. The van der Waals surface area contributed by atoms with Crippen molar-refractivity contribution >= 4 is 33.3 Å². The van der Waals surface area contributed by atoms with Gasteiger partial charge in [-0.3, -0.25) is 0 Å². The number of methoxy groups -OCH3 is 1. The van der Waals surface area contributed by atoms with Gasteiger partial charge < -0.3 is 14.8 Å². The molecular formula is C13H13BrClN3O2. The Labute approximate surface area is 130 Å². The Morgan fingerprint density at radius 2 is 2.10 bits per heavy atom. The van der Waals surface area contributed by atoms with Crippen LogP contribution in [0.2, 0.25) is 5.02 Å². The Morgan fingerprint density at radius 3 is 2.75 bits per heavy atom. The SMILES string of the molecule is CNc1cc(Oc2ccc(Br)cc2Cl)nc(COC)n1. The van der Waals surface area contributed by atoms with E-state index in [-0.39, 0.29) is 0 Å². The summed E-state index contributed by atoms with van der Waals surface area (Å²) in [5.41, 5.74) is 0. The van der Waals surface area contributed by atoms with Crippen molar-refractivity contribution in [1.29, 1.82) is 0 Å². The van der Waals surface area contributed by atoms with Crippen LogP contribution < -0.4 is 10.1 Å². The minimum absolute atomic E-state index is 0.306. The van der Waals surface area contributed by atoms with Gasteiger partial charge in [0.1, 0.15) is 18.2 Å². The van der Waals surface area contributed by atoms with E-state index < -0.39 is 0 Å². The van der Waals surface area contributed by atoms with Crippen molar-refractivity contribution in [3.8, 4) is 11.6 Å². The third-order valence-corrected chi connectivity index (χ3v) is 3.18. The second-order valence-corrected chi connectivity index (χ2v) is 5.19. The molecule has 1 heterocycles. The van der Waals surface area contributed by atoms with Crippen molar-refractivity contribution in [1.82, 2.24) is 9.97 Å². The zero-order chi connectivity index (χ0) is 14.5. The largest absolute Gasteiger partial charge is 0.437 e. The van der Waals surface area contributed by atoms with Crippen LogP contribution in [0.1, 0.15) is 5.82 Å². The molecule has 0 bridgehead atoms. The van der Waals surface area contributed by atoms with Crippen molar-refractivity contribution < 1.29 is 9.47 Å². The third kappa shape index (κ3) is 3.82. The molecule has 1 aromatic heterocycles. The van der Waals surface area contributed by atoms with Crippen molar-refractivity contribution in [2.45, 2.75) is 6.61 Å². The lowest BCUT2D eigenvalue weighted by Gasteiger charge is -2.10. The number of anilines is 1. The molecule has 0 amide bonds. The molecule has 20 heavy (non-hydrogen) atoms. The number of ether oxygens (including phenoxy) is 2. The molecule has 7 heteroatoms. The van der Waals surface area contributed by atoms with E-state index in [4.69, 9.17) is 21.1 Å². The van der Waals surface area contributed by atoms with Gasteiger partial charge in [0.2, 0.25) is 5.88 Å². The number of hydrogen-bond acceptors (Lipinski definition) is 5.